The number of benzene rings is 1. The number of carbonyl (C=O) groups is 1. The van der Waals surface area contributed by atoms with Crippen LogP contribution in [0.4, 0.5) is 0 Å². The first-order valence-corrected chi connectivity index (χ1v) is 9.83. The largest absolute Gasteiger partial charge is 0.376 e. The number of nitrogens with one attached hydrogen (secondary N) is 1. The summed E-state index contributed by atoms with van der Waals surface area (Å²) in [4.78, 5) is 12.4. The summed E-state index contributed by atoms with van der Waals surface area (Å²) < 4.78 is 7.46. The van der Waals surface area contributed by atoms with Crippen LogP contribution in [-0.2, 0) is 9.53 Å². The van der Waals surface area contributed by atoms with Gasteiger partial charge >= 0.3 is 0 Å². The molecule has 7 heteroatoms. The highest BCUT2D eigenvalue weighted by molar-refractivity contribution is 6.43. The van der Waals surface area contributed by atoms with Gasteiger partial charge in [0.2, 0.25) is 0 Å². The zero-order chi connectivity index (χ0) is 20.3. The molecule has 0 spiro atoms. The summed E-state index contributed by atoms with van der Waals surface area (Å²) in [6, 6.07) is 9.35. The second kappa shape index (κ2) is 8.83. The second-order valence-electron chi connectivity index (χ2n) is 6.75. The van der Waals surface area contributed by atoms with E-state index >= 15 is 0 Å². The zero-order valence-electron chi connectivity index (χ0n) is 15.8. The van der Waals surface area contributed by atoms with Crippen molar-refractivity contribution in [3.05, 3.63) is 56.8 Å². The molecule has 0 unspecified atom stereocenters. The van der Waals surface area contributed by atoms with Crippen LogP contribution in [0.15, 0.2) is 29.8 Å². The van der Waals surface area contributed by atoms with Crippen LogP contribution < -0.4 is 5.32 Å². The second-order valence-corrected chi connectivity index (χ2v) is 7.53. The third-order valence-corrected chi connectivity index (χ3v) is 5.63. The number of nitriles is 1. The predicted octanol–water partition coefficient (Wildman–Crippen LogP) is 4.60. The summed E-state index contributed by atoms with van der Waals surface area (Å²) in [7, 11) is 0. The van der Waals surface area contributed by atoms with Gasteiger partial charge in [0.25, 0.3) is 5.91 Å². The Labute approximate surface area is 174 Å². The highest BCUT2D eigenvalue weighted by atomic mass is 35.5. The SMILES string of the molecule is Cc1cc(/C=C(\C#N)C(=O)NC[C@@H]2CCCO2)c(C)n1-c1cccc(Cl)c1Cl. The van der Waals surface area contributed by atoms with Gasteiger partial charge in [0.1, 0.15) is 11.6 Å². The van der Waals surface area contributed by atoms with E-state index in [1.165, 1.54) is 0 Å². The molecule has 2 heterocycles. The van der Waals surface area contributed by atoms with Crippen molar-refractivity contribution >= 4 is 35.2 Å². The fourth-order valence-corrected chi connectivity index (χ4v) is 3.76. The molecule has 1 atom stereocenters. The molecule has 1 fully saturated rings. The lowest BCUT2D eigenvalue weighted by molar-refractivity contribution is -0.117. The van der Waals surface area contributed by atoms with Crippen molar-refractivity contribution in [2.45, 2.75) is 32.8 Å². The summed E-state index contributed by atoms with van der Waals surface area (Å²) in [5.41, 5.74) is 3.37. The highest BCUT2D eigenvalue weighted by Crippen LogP contribution is 2.32. The molecule has 1 aliphatic heterocycles. The molecular weight excluding hydrogens is 397 g/mol. The minimum Gasteiger partial charge on any atom is -0.376 e. The van der Waals surface area contributed by atoms with E-state index in [4.69, 9.17) is 27.9 Å². The maximum absolute atomic E-state index is 12.4. The summed E-state index contributed by atoms with van der Waals surface area (Å²) >= 11 is 12.5. The smallest absolute Gasteiger partial charge is 0.262 e. The number of rotatable bonds is 5. The van der Waals surface area contributed by atoms with E-state index in [9.17, 15) is 10.1 Å². The molecule has 0 saturated carbocycles. The molecule has 5 nitrogen and oxygen atoms in total. The van der Waals surface area contributed by atoms with Gasteiger partial charge in [0.05, 0.1) is 21.8 Å². The van der Waals surface area contributed by atoms with Crippen molar-refractivity contribution in [1.82, 2.24) is 9.88 Å². The first-order valence-electron chi connectivity index (χ1n) is 9.07. The minimum absolute atomic E-state index is 0.0268. The van der Waals surface area contributed by atoms with Crippen molar-refractivity contribution < 1.29 is 9.53 Å². The summed E-state index contributed by atoms with van der Waals surface area (Å²) in [5.74, 6) is -0.399. The Hall–Kier alpha value is -2.26. The van der Waals surface area contributed by atoms with E-state index < -0.39 is 5.91 Å². The lowest BCUT2D eigenvalue weighted by Crippen LogP contribution is -2.32. The third-order valence-electron chi connectivity index (χ3n) is 4.82. The maximum Gasteiger partial charge on any atom is 0.262 e. The number of amides is 1. The predicted molar refractivity (Wildman–Crippen MR) is 111 cm³/mol. The highest BCUT2D eigenvalue weighted by Gasteiger charge is 2.19. The van der Waals surface area contributed by atoms with Crippen molar-refractivity contribution in [3.63, 3.8) is 0 Å². The topological polar surface area (TPSA) is 67.1 Å². The van der Waals surface area contributed by atoms with Crippen molar-refractivity contribution in [2.75, 3.05) is 13.2 Å². The number of aryl methyl sites for hydroxylation is 1. The minimum atomic E-state index is -0.399. The van der Waals surface area contributed by atoms with Gasteiger partial charge in [-0.2, -0.15) is 5.26 Å². The molecule has 1 aromatic carbocycles. The summed E-state index contributed by atoms with van der Waals surface area (Å²) in [6.45, 7) is 4.98. The average molecular weight is 418 g/mol. The van der Waals surface area contributed by atoms with Gasteiger partial charge in [-0.25, -0.2) is 0 Å². The number of hydrogen-bond donors (Lipinski definition) is 1. The van der Waals surface area contributed by atoms with E-state index in [-0.39, 0.29) is 11.7 Å². The van der Waals surface area contributed by atoms with Gasteiger partial charge < -0.3 is 14.6 Å². The molecule has 2 aromatic rings. The molecule has 1 N–H and O–H groups in total. The molecule has 28 heavy (non-hydrogen) atoms. The van der Waals surface area contributed by atoms with Crippen LogP contribution in [0.3, 0.4) is 0 Å². The Balaban J connectivity index is 1.87. The molecule has 1 amide bonds. The van der Waals surface area contributed by atoms with Crippen LogP contribution in [0.5, 0.6) is 0 Å². The number of hydrogen-bond acceptors (Lipinski definition) is 3. The van der Waals surface area contributed by atoms with E-state index in [2.05, 4.69) is 5.32 Å². The summed E-state index contributed by atoms with van der Waals surface area (Å²) in [5, 5.41) is 13.2. The molecule has 3 rings (SSSR count). The molecular formula is C21H21Cl2N3O2. The standard InChI is InChI=1S/C21H21Cl2N3O2/c1-13-9-15(14(2)26(13)19-7-3-6-18(22)20(19)23)10-16(11-24)21(27)25-12-17-5-4-8-28-17/h3,6-7,9-10,17H,4-5,8,12H2,1-2H3,(H,25,27)/b16-10+/t17-/m0/s1. The van der Waals surface area contributed by atoms with Gasteiger partial charge in [0.15, 0.2) is 0 Å². The van der Waals surface area contributed by atoms with Gasteiger partial charge in [-0.05, 0) is 56.5 Å². The van der Waals surface area contributed by atoms with Crippen molar-refractivity contribution in [1.29, 1.82) is 5.26 Å². The average Bonchev–Trinajstić information content (AvgIpc) is 3.28. The quantitative estimate of drug-likeness (QED) is 0.570. The van der Waals surface area contributed by atoms with Crippen LogP contribution >= 0.6 is 23.2 Å². The number of carbonyl (C=O) groups excluding carboxylic acids is 1. The Morgan fingerprint density at radius 1 is 1.43 bits per heavy atom. The van der Waals surface area contributed by atoms with Crippen LogP contribution in [0.2, 0.25) is 10.0 Å². The fraction of sp³-hybridized carbons (Fsp3) is 0.333. The van der Waals surface area contributed by atoms with Gasteiger partial charge in [-0.1, -0.05) is 29.3 Å². The molecule has 146 valence electrons. The summed E-state index contributed by atoms with van der Waals surface area (Å²) in [6.07, 6.45) is 3.55. The van der Waals surface area contributed by atoms with Crippen LogP contribution in [0.25, 0.3) is 11.8 Å². The lowest BCUT2D eigenvalue weighted by Gasteiger charge is -2.12. The molecule has 1 saturated heterocycles. The Kier molecular flexibility index (Phi) is 6.46. The number of aromatic nitrogens is 1. The Morgan fingerprint density at radius 3 is 2.89 bits per heavy atom. The molecule has 0 aliphatic carbocycles. The van der Waals surface area contributed by atoms with Crippen molar-refractivity contribution in [2.24, 2.45) is 0 Å². The molecule has 0 radical (unpaired) electrons. The van der Waals surface area contributed by atoms with Crippen LogP contribution in [0.1, 0.15) is 29.8 Å². The lowest BCUT2D eigenvalue weighted by atomic mass is 10.1. The van der Waals surface area contributed by atoms with E-state index in [0.717, 1.165) is 42.1 Å². The van der Waals surface area contributed by atoms with Crippen molar-refractivity contribution in [3.8, 4) is 11.8 Å². The Morgan fingerprint density at radius 2 is 2.21 bits per heavy atom. The Bertz CT molecular complexity index is 967. The molecule has 1 aliphatic rings. The monoisotopic (exact) mass is 417 g/mol. The van der Waals surface area contributed by atoms with Gasteiger partial charge in [0, 0.05) is 24.5 Å². The van der Waals surface area contributed by atoms with E-state index in [0.29, 0.717) is 16.6 Å². The fourth-order valence-electron chi connectivity index (χ4n) is 3.38. The van der Waals surface area contributed by atoms with Crippen LogP contribution in [-0.4, -0.2) is 29.7 Å². The number of halogens is 2. The maximum atomic E-state index is 12.4. The molecule has 1 aromatic heterocycles. The first-order chi connectivity index (χ1) is 13.4. The zero-order valence-corrected chi connectivity index (χ0v) is 17.3. The van der Waals surface area contributed by atoms with Gasteiger partial charge in [-0.15, -0.1) is 0 Å². The van der Waals surface area contributed by atoms with Crippen LogP contribution in [0, 0.1) is 25.2 Å². The number of ether oxygens (including phenoxy) is 1. The van der Waals surface area contributed by atoms with Gasteiger partial charge in [-0.3, -0.25) is 4.79 Å². The normalized spacial score (nSPS) is 16.8. The van der Waals surface area contributed by atoms with E-state index in [1.807, 2.05) is 42.7 Å². The third kappa shape index (κ3) is 4.25. The number of nitrogens with zero attached hydrogens (tertiary/aromatic N) is 2. The first kappa shape index (κ1) is 20.5. The molecule has 0 bridgehead atoms. The van der Waals surface area contributed by atoms with E-state index in [1.54, 1.807) is 12.1 Å².